The molecule has 1 aliphatic rings. The molecule has 12 rings (SSSR count). The molecule has 0 spiro atoms. The quantitative estimate of drug-likeness (QED) is 0.178. The Hall–Kier alpha value is -7.50. The van der Waals surface area contributed by atoms with Crippen molar-refractivity contribution in [1.29, 1.82) is 0 Å². The van der Waals surface area contributed by atoms with Crippen LogP contribution in [0, 0.1) is 6.92 Å². The second kappa shape index (κ2) is 12.8. The van der Waals surface area contributed by atoms with Crippen molar-refractivity contribution in [1.82, 2.24) is 4.98 Å². The molecule has 4 nitrogen and oxygen atoms in total. The van der Waals surface area contributed by atoms with Crippen LogP contribution in [0.3, 0.4) is 0 Å². The van der Waals surface area contributed by atoms with Crippen molar-refractivity contribution < 1.29 is 4.42 Å². The number of hydrogen-bond donors (Lipinski definition) is 1. The van der Waals surface area contributed by atoms with E-state index in [1.165, 1.54) is 49.2 Å². The van der Waals surface area contributed by atoms with E-state index < -0.39 is 0 Å². The Balaban J connectivity index is 1.12. The summed E-state index contributed by atoms with van der Waals surface area (Å²) in [5, 5.41) is 7.19. The van der Waals surface area contributed by atoms with Gasteiger partial charge in [0.2, 0.25) is 0 Å². The number of hydrogen-bond acceptors (Lipinski definition) is 3. The summed E-state index contributed by atoms with van der Waals surface area (Å²) in [4.78, 5) is 8.69. The number of aromatic amines is 1. The third kappa shape index (κ3) is 5.03. The van der Waals surface area contributed by atoms with Gasteiger partial charge in [-0.2, -0.15) is 0 Å². The number of fused-ring (bicyclic) bond motifs is 9. The first-order valence-electron chi connectivity index (χ1n) is 20.0. The Morgan fingerprint density at radius 3 is 2.00 bits per heavy atom. The lowest BCUT2D eigenvalue weighted by Gasteiger charge is -2.36. The molecule has 1 aliphatic heterocycles. The molecule has 0 unspecified atom stereocenters. The highest BCUT2D eigenvalue weighted by atomic mass is 16.3. The maximum absolute atomic E-state index is 6.80. The lowest BCUT2D eigenvalue weighted by atomic mass is 9.58. The molecule has 0 amide bonds. The molecule has 3 heterocycles. The van der Waals surface area contributed by atoms with Crippen molar-refractivity contribution in [3.63, 3.8) is 0 Å². The number of para-hydroxylation sites is 5. The minimum atomic E-state index is 0.782. The van der Waals surface area contributed by atoms with E-state index in [2.05, 4.69) is 204 Å². The van der Waals surface area contributed by atoms with E-state index in [1.807, 2.05) is 6.07 Å². The van der Waals surface area contributed by atoms with Gasteiger partial charge in [0.15, 0.2) is 12.9 Å². The highest BCUT2D eigenvalue weighted by Gasteiger charge is 2.31. The van der Waals surface area contributed by atoms with E-state index in [0.717, 1.165) is 74.4 Å². The average molecular weight is 742 g/mol. The molecule has 9 aromatic carbocycles. The maximum Gasteiger partial charge on any atom is 0.198 e. The van der Waals surface area contributed by atoms with Crippen molar-refractivity contribution in [2.75, 3.05) is 9.80 Å². The molecule has 0 bridgehead atoms. The van der Waals surface area contributed by atoms with Crippen LogP contribution in [0.4, 0.5) is 34.1 Å². The topological polar surface area (TPSA) is 35.4 Å². The van der Waals surface area contributed by atoms with Crippen LogP contribution in [0.25, 0.3) is 65.6 Å². The number of benzene rings is 9. The van der Waals surface area contributed by atoms with Crippen molar-refractivity contribution in [2.45, 2.75) is 6.92 Å². The summed E-state index contributed by atoms with van der Waals surface area (Å²) in [6.07, 6.45) is 0. The number of rotatable bonds is 5. The van der Waals surface area contributed by atoms with E-state index >= 15 is 0 Å². The van der Waals surface area contributed by atoms with Crippen molar-refractivity contribution in [3.05, 3.63) is 194 Å². The first kappa shape index (κ1) is 32.7. The molecule has 5 heteroatoms. The molecule has 58 heavy (non-hydrogen) atoms. The number of furan rings is 1. The molecule has 0 atom stereocenters. The fourth-order valence-electron chi connectivity index (χ4n) is 9.40. The van der Waals surface area contributed by atoms with E-state index in [4.69, 9.17) is 4.42 Å². The van der Waals surface area contributed by atoms with Crippen LogP contribution < -0.4 is 20.7 Å². The predicted octanol–water partition coefficient (Wildman–Crippen LogP) is 13.0. The highest BCUT2D eigenvalue weighted by Crippen LogP contribution is 2.46. The first-order valence-corrected chi connectivity index (χ1v) is 20.0. The van der Waals surface area contributed by atoms with Crippen LogP contribution in [0.2, 0.25) is 0 Å². The zero-order valence-electron chi connectivity index (χ0n) is 31.9. The van der Waals surface area contributed by atoms with E-state index in [-0.39, 0.29) is 0 Å². The number of aryl methyl sites for hydroxylation is 1. The predicted molar refractivity (Wildman–Crippen MR) is 247 cm³/mol. The standard InChI is InChI=1S/C53H36BN3O/c1-33-28-44(41-22-12-21-40-43-30-34-14-8-9-15-35(34)31-46(43)55-52(40)41)51-49(29-33)57(47-24-13-23-42-39-20-10-11-25-50(39)58-53(42)47)48-32-38(26-27-45(48)54-51)56(36-16-4-2-5-17-36)37-18-6-3-7-19-37/h2-32,54-55H,1H3. The molecular weight excluding hydrogens is 705 g/mol. The van der Waals surface area contributed by atoms with Gasteiger partial charge in [0.25, 0.3) is 0 Å². The number of H-pyrrole nitrogens is 1. The second-order valence-electron chi connectivity index (χ2n) is 15.5. The molecule has 2 aromatic heterocycles. The Kier molecular flexibility index (Phi) is 7.20. The summed E-state index contributed by atoms with van der Waals surface area (Å²) < 4.78 is 6.80. The molecule has 0 aliphatic carbocycles. The second-order valence-corrected chi connectivity index (χ2v) is 15.5. The van der Waals surface area contributed by atoms with E-state index in [0.29, 0.717) is 0 Å². The zero-order valence-corrected chi connectivity index (χ0v) is 31.9. The minimum Gasteiger partial charge on any atom is -0.454 e. The van der Waals surface area contributed by atoms with Gasteiger partial charge in [0.05, 0.1) is 11.2 Å². The van der Waals surface area contributed by atoms with Crippen LogP contribution in [0.1, 0.15) is 5.56 Å². The molecule has 0 fully saturated rings. The Morgan fingerprint density at radius 2 is 1.19 bits per heavy atom. The number of aromatic nitrogens is 1. The van der Waals surface area contributed by atoms with E-state index in [1.54, 1.807) is 0 Å². The molecule has 272 valence electrons. The fourth-order valence-corrected chi connectivity index (χ4v) is 9.40. The van der Waals surface area contributed by atoms with Gasteiger partial charge in [0.1, 0.15) is 5.58 Å². The maximum atomic E-state index is 6.80. The van der Waals surface area contributed by atoms with Gasteiger partial charge < -0.3 is 19.2 Å². The molecule has 0 saturated carbocycles. The lowest BCUT2D eigenvalue weighted by Crippen LogP contribution is -2.41. The van der Waals surface area contributed by atoms with Gasteiger partial charge in [-0.15, -0.1) is 0 Å². The molecular formula is C53H36BN3O. The molecule has 1 N–H and O–H groups in total. The largest absolute Gasteiger partial charge is 0.454 e. The summed E-state index contributed by atoms with van der Waals surface area (Å²) in [6, 6.07) is 67.9. The average Bonchev–Trinajstić information content (AvgIpc) is 3.84. The third-order valence-corrected chi connectivity index (χ3v) is 12.0. The van der Waals surface area contributed by atoms with Gasteiger partial charge in [-0.3, -0.25) is 0 Å². The first-order chi connectivity index (χ1) is 28.7. The lowest BCUT2D eigenvalue weighted by molar-refractivity contribution is 0.669. The minimum absolute atomic E-state index is 0.782. The Labute approximate surface area is 336 Å². The van der Waals surface area contributed by atoms with Gasteiger partial charge in [-0.1, -0.05) is 127 Å². The van der Waals surface area contributed by atoms with Crippen LogP contribution in [-0.4, -0.2) is 12.3 Å². The number of nitrogens with one attached hydrogen (secondary N) is 1. The highest BCUT2D eigenvalue weighted by molar-refractivity contribution is 6.73. The van der Waals surface area contributed by atoms with Crippen LogP contribution >= 0.6 is 0 Å². The van der Waals surface area contributed by atoms with Crippen LogP contribution in [0.5, 0.6) is 0 Å². The van der Waals surface area contributed by atoms with Gasteiger partial charge in [-0.25, -0.2) is 0 Å². The normalized spacial score (nSPS) is 12.3. The molecule has 0 radical (unpaired) electrons. The summed E-state index contributed by atoms with van der Waals surface area (Å²) in [7, 11) is 0.782. The third-order valence-electron chi connectivity index (χ3n) is 12.0. The smallest absolute Gasteiger partial charge is 0.198 e. The number of nitrogens with zero attached hydrogens (tertiary/aromatic N) is 2. The number of anilines is 6. The van der Waals surface area contributed by atoms with Crippen LogP contribution in [0.15, 0.2) is 192 Å². The van der Waals surface area contributed by atoms with Gasteiger partial charge in [-0.05, 0) is 101 Å². The summed E-state index contributed by atoms with van der Waals surface area (Å²) in [5.41, 5.74) is 16.9. The molecule has 0 saturated heterocycles. The summed E-state index contributed by atoms with van der Waals surface area (Å²) >= 11 is 0. The summed E-state index contributed by atoms with van der Waals surface area (Å²) in [5.74, 6) is 0. The van der Waals surface area contributed by atoms with Gasteiger partial charge >= 0.3 is 0 Å². The van der Waals surface area contributed by atoms with Crippen molar-refractivity contribution >= 4 is 107 Å². The van der Waals surface area contributed by atoms with Gasteiger partial charge in [0, 0.05) is 61.1 Å². The monoisotopic (exact) mass is 741 g/mol. The van der Waals surface area contributed by atoms with Crippen molar-refractivity contribution in [2.24, 2.45) is 0 Å². The van der Waals surface area contributed by atoms with Crippen LogP contribution in [-0.2, 0) is 0 Å². The summed E-state index contributed by atoms with van der Waals surface area (Å²) in [6.45, 7) is 2.22. The Bertz CT molecular complexity index is 3360. The molecule has 11 aromatic rings. The van der Waals surface area contributed by atoms with E-state index in [9.17, 15) is 0 Å². The zero-order chi connectivity index (χ0) is 38.3. The Morgan fingerprint density at radius 1 is 0.500 bits per heavy atom. The fraction of sp³-hybridized carbons (Fsp3) is 0.0189. The van der Waals surface area contributed by atoms with Crippen molar-refractivity contribution in [3.8, 4) is 11.1 Å². The SMILES string of the molecule is Cc1cc(-c2cccc3c2[nH]c2cc4ccccc4cc23)c2c(c1)N(c1cccc3c1oc1ccccc13)c1cc(N(c3ccccc3)c3ccccc3)ccc1B2.